The summed E-state index contributed by atoms with van der Waals surface area (Å²) >= 11 is 0. The van der Waals surface area contributed by atoms with Crippen molar-refractivity contribution in [1.29, 1.82) is 0 Å². The van der Waals surface area contributed by atoms with Gasteiger partial charge in [-0.05, 0) is 18.2 Å². The van der Waals surface area contributed by atoms with Gasteiger partial charge in [0, 0.05) is 32.2 Å². The van der Waals surface area contributed by atoms with Crippen molar-refractivity contribution in [2.75, 3.05) is 26.7 Å². The minimum absolute atomic E-state index is 0.220. The predicted molar refractivity (Wildman–Crippen MR) is 106 cm³/mol. The van der Waals surface area contributed by atoms with Crippen LogP contribution in [0.1, 0.15) is 17.2 Å². The normalized spacial score (nSPS) is 22.4. The molecule has 0 bridgehead atoms. The second-order valence-electron chi connectivity index (χ2n) is 7.78. The minimum atomic E-state index is -4.77. The fraction of sp³-hybridized carbons (Fsp3) is 0.455. The fourth-order valence-corrected chi connectivity index (χ4v) is 4.00. The van der Waals surface area contributed by atoms with Gasteiger partial charge in [0.25, 0.3) is 0 Å². The first-order chi connectivity index (χ1) is 14.6. The van der Waals surface area contributed by atoms with Crippen LogP contribution >= 0.6 is 0 Å². The lowest BCUT2D eigenvalue weighted by atomic mass is 9.99. The molecule has 2 aromatic carbocycles. The van der Waals surface area contributed by atoms with E-state index in [1.807, 2.05) is 30.3 Å². The van der Waals surface area contributed by atoms with E-state index in [1.165, 1.54) is 4.90 Å². The molecule has 0 radical (unpaired) electrons. The van der Waals surface area contributed by atoms with Crippen LogP contribution in [0.5, 0.6) is 0 Å². The summed E-state index contributed by atoms with van der Waals surface area (Å²) in [6.45, 7) is -0.376. The second kappa shape index (κ2) is 9.58. The zero-order valence-corrected chi connectivity index (χ0v) is 17.0. The molecule has 1 heterocycles. The number of nitrogens with one attached hydrogen (secondary N) is 1. The highest BCUT2D eigenvalue weighted by Gasteiger charge is 2.55. The molecule has 170 valence electrons. The number of hydrogen-bond donors (Lipinski definition) is 1. The van der Waals surface area contributed by atoms with Crippen molar-refractivity contribution in [3.8, 4) is 0 Å². The topological polar surface area (TPSA) is 18.5 Å². The number of alkyl halides is 6. The van der Waals surface area contributed by atoms with E-state index in [9.17, 15) is 26.3 Å². The van der Waals surface area contributed by atoms with Crippen molar-refractivity contribution >= 4 is 0 Å². The zero-order valence-electron chi connectivity index (χ0n) is 17.0. The van der Waals surface area contributed by atoms with Crippen molar-refractivity contribution in [3.63, 3.8) is 0 Å². The predicted octanol–water partition coefficient (Wildman–Crippen LogP) is 4.63. The summed E-state index contributed by atoms with van der Waals surface area (Å²) < 4.78 is 81.7. The van der Waals surface area contributed by atoms with Crippen LogP contribution in [0.2, 0.25) is 0 Å². The van der Waals surface area contributed by atoms with E-state index in [0.717, 1.165) is 12.6 Å². The largest absolute Gasteiger partial charge is 0.405 e. The van der Waals surface area contributed by atoms with Crippen molar-refractivity contribution in [2.45, 2.75) is 37.0 Å². The summed E-state index contributed by atoms with van der Waals surface area (Å²) in [6.07, 6.45) is -9.54. The van der Waals surface area contributed by atoms with Gasteiger partial charge in [0.1, 0.15) is 12.1 Å². The Bertz CT molecular complexity index is 785. The van der Waals surface area contributed by atoms with Gasteiger partial charge in [0.15, 0.2) is 0 Å². The third-order valence-electron chi connectivity index (χ3n) is 5.69. The molecule has 3 unspecified atom stereocenters. The van der Waals surface area contributed by atoms with Gasteiger partial charge < -0.3 is 5.32 Å². The van der Waals surface area contributed by atoms with Crippen molar-refractivity contribution in [1.82, 2.24) is 15.1 Å². The highest BCUT2D eigenvalue weighted by atomic mass is 19.4. The third kappa shape index (κ3) is 5.99. The molecule has 3 atom stereocenters. The molecule has 0 spiro atoms. The second-order valence-corrected chi connectivity index (χ2v) is 7.78. The van der Waals surface area contributed by atoms with Crippen LogP contribution in [-0.2, 0) is 6.54 Å². The van der Waals surface area contributed by atoms with E-state index in [4.69, 9.17) is 0 Å². The molecular formula is C22H25F6N3. The summed E-state index contributed by atoms with van der Waals surface area (Å²) in [5.74, 6) is 0. The number of halogens is 6. The molecule has 0 aromatic heterocycles. The molecular weight excluding hydrogens is 420 g/mol. The first-order valence-electron chi connectivity index (χ1n) is 9.96. The maximum Gasteiger partial charge on any atom is 0.405 e. The number of hydrogen-bond acceptors (Lipinski definition) is 3. The Balaban J connectivity index is 1.85. The van der Waals surface area contributed by atoms with Gasteiger partial charge in [-0.2, -0.15) is 26.3 Å². The number of piperazine rings is 1. The van der Waals surface area contributed by atoms with Gasteiger partial charge in [0.2, 0.25) is 0 Å². The van der Waals surface area contributed by atoms with E-state index in [2.05, 4.69) is 5.32 Å². The average Bonchev–Trinajstić information content (AvgIpc) is 2.71. The number of benzene rings is 2. The first kappa shape index (κ1) is 23.6. The molecule has 1 aliphatic rings. The maximum atomic E-state index is 13.6. The monoisotopic (exact) mass is 445 g/mol. The lowest BCUT2D eigenvalue weighted by Crippen LogP contribution is -2.66. The molecule has 2 aromatic rings. The van der Waals surface area contributed by atoms with E-state index in [-0.39, 0.29) is 6.54 Å². The maximum absolute atomic E-state index is 13.6. The van der Waals surface area contributed by atoms with Crippen LogP contribution in [0.3, 0.4) is 0 Å². The number of nitrogens with zero attached hydrogens (tertiary/aromatic N) is 2. The molecule has 3 nitrogen and oxygen atoms in total. The summed E-state index contributed by atoms with van der Waals surface area (Å²) in [7, 11) is 0.902. The summed E-state index contributed by atoms with van der Waals surface area (Å²) in [5.41, 5.74) is 1.66. The van der Waals surface area contributed by atoms with Crippen LogP contribution in [0.25, 0.3) is 0 Å². The molecule has 1 saturated heterocycles. The Labute approximate surface area is 177 Å². The molecule has 1 N–H and O–H groups in total. The fourth-order valence-electron chi connectivity index (χ4n) is 4.00. The van der Waals surface area contributed by atoms with Gasteiger partial charge >= 0.3 is 12.4 Å². The lowest BCUT2D eigenvalue weighted by molar-refractivity contribution is -0.251. The summed E-state index contributed by atoms with van der Waals surface area (Å²) in [5, 5.41) is 3.20. The van der Waals surface area contributed by atoms with E-state index >= 15 is 0 Å². The van der Waals surface area contributed by atoms with E-state index in [1.54, 1.807) is 30.3 Å². The molecule has 31 heavy (non-hydrogen) atoms. The van der Waals surface area contributed by atoms with Gasteiger partial charge in [0.05, 0.1) is 0 Å². The standard InChI is InChI=1S/C22H25F6N3/c1-30-19(21(23,24)25)14-31(15-20(30)22(26,27)28)18(17-10-6-3-7-11-17)13-29-12-16-8-4-2-5-9-16/h2-11,18-20,29H,12-15H2,1H3. The van der Waals surface area contributed by atoms with Crippen molar-refractivity contribution in [3.05, 3.63) is 71.8 Å². The molecule has 9 heteroatoms. The Morgan fingerprint density at radius 3 is 1.81 bits per heavy atom. The molecule has 1 aliphatic heterocycles. The highest BCUT2D eigenvalue weighted by Crippen LogP contribution is 2.37. The number of likely N-dealkylation sites (N-methyl/N-ethyl adjacent to an activating group) is 1. The molecule has 0 aliphatic carbocycles. The molecule has 0 saturated carbocycles. The lowest BCUT2D eigenvalue weighted by Gasteiger charge is -2.48. The van der Waals surface area contributed by atoms with Gasteiger partial charge in [-0.25, -0.2) is 0 Å². The zero-order chi connectivity index (χ0) is 22.6. The summed E-state index contributed by atoms with van der Waals surface area (Å²) in [4.78, 5) is 1.72. The van der Waals surface area contributed by atoms with E-state index in [0.29, 0.717) is 17.0 Å². The Morgan fingerprint density at radius 2 is 1.32 bits per heavy atom. The van der Waals surface area contributed by atoms with Crippen LogP contribution in [-0.4, -0.2) is 60.9 Å². The van der Waals surface area contributed by atoms with Crippen molar-refractivity contribution in [2.24, 2.45) is 0 Å². The minimum Gasteiger partial charge on any atom is -0.311 e. The summed E-state index contributed by atoms with van der Waals surface area (Å²) in [6, 6.07) is 13.1. The quantitative estimate of drug-likeness (QED) is 0.655. The van der Waals surface area contributed by atoms with Gasteiger partial charge in [-0.1, -0.05) is 60.7 Å². The van der Waals surface area contributed by atoms with Gasteiger partial charge in [-0.15, -0.1) is 0 Å². The Kier molecular flexibility index (Phi) is 7.28. The van der Waals surface area contributed by atoms with Crippen LogP contribution in [0.15, 0.2) is 60.7 Å². The molecule has 0 amide bonds. The first-order valence-corrected chi connectivity index (χ1v) is 9.96. The molecule has 1 fully saturated rings. The van der Waals surface area contributed by atoms with Gasteiger partial charge in [-0.3, -0.25) is 9.80 Å². The van der Waals surface area contributed by atoms with Crippen molar-refractivity contribution < 1.29 is 26.3 Å². The Hall–Kier alpha value is -2.10. The van der Waals surface area contributed by atoms with Crippen LogP contribution < -0.4 is 5.32 Å². The highest BCUT2D eigenvalue weighted by molar-refractivity contribution is 5.21. The van der Waals surface area contributed by atoms with Crippen LogP contribution in [0, 0.1) is 0 Å². The average molecular weight is 445 g/mol. The smallest absolute Gasteiger partial charge is 0.311 e. The van der Waals surface area contributed by atoms with Crippen LogP contribution in [0.4, 0.5) is 26.3 Å². The number of rotatable bonds is 6. The van der Waals surface area contributed by atoms with E-state index < -0.39 is 43.6 Å². The third-order valence-corrected chi connectivity index (χ3v) is 5.69. The molecule has 3 rings (SSSR count). The Morgan fingerprint density at radius 1 is 0.839 bits per heavy atom. The SMILES string of the molecule is CN1C(C(F)(F)F)CN(C(CNCc2ccccc2)c2ccccc2)CC1C(F)(F)F.